The van der Waals surface area contributed by atoms with Crippen LogP contribution in [0.4, 0.5) is 11.4 Å². The number of rotatable bonds is 1. The van der Waals surface area contributed by atoms with Gasteiger partial charge in [0.15, 0.2) is 0 Å². The minimum atomic E-state index is -0.0284. The lowest BCUT2D eigenvalue weighted by atomic mass is 10.1. The third kappa shape index (κ3) is 1.55. The van der Waals surface area contributed by atoms with Gasteiger partial charge in [0.05, 0.1) is 12.5 Å². The van der Waals surface area contributed by atoms with Crippen molar-refractivity contribution in [1.29, 1.82) is 0 Å². The van der Waals surface area contributed by atoms with Gasteiger partial charge in [-0.25, -0.2) is 4.98 Å². The molecule has 2 N–H and O–H groups in total. The van der Waals surface area contributed by atoms with E-state index in [1.807, 2.05) is 25.2 Å². The molecule has 1 aromatic heterocycles. The summed E-state index contributed by atoms with van der Waals surface area (Å²) in [4.78, 5) is 18.2. The molecule has 5 heteroatoms. The third-order valence-electron chi connectivity index (χ3n) is 3.29. The Morgan fingerprint density at radius 2 is 2.28 bits per heavy atom. The molecule has 1 aliphatic heterocycles. The van der Waals surface area contributed by atoms with Crippen LogP contribution in [0.2, 0.25) is 0 Å². The number of imidazole rings is 1. The maximum Gasteiger partial charge on any atom is 0.276 e. The molecule has 5 nitrogen and oxygen atoms in total. The largest absolute Gasteiger partial charge is 0.399 e. The molecule has 0 saturated carbocycles. The number of amides is 1. The lowest BCUT2D eigenvalue weighted by Gasteiger charge is -2.17. The predicted octanol–water partition coefficient (Wildman–Crippen LogP) is 1.21. The first-order chi connectivity index (χ1) is 8.66. The quantitative estimate of drug-likeness (QED) is 0.764. The second-order valence-corrected chi connectivity index (χ2v) is 4.48. The van der Waals surface area contributed by atoms with Crippen molar-refractivity contribution in [3.8, 4) is 0 Å². The van der Waals surface area contributed by atoms with Gasteiger partial charge in [0, 0.05) is 25.0 Å². The molecule has 1 aromatic carbocycles. The van der Waals surface area contributed by atoms with Crippen LogP contribution in [0.1, 0.15) is 16.1 Å². The number of aryl methyl sites for hydroxylation is 1. The summed E-state index contributed by atoms with van der Waals surface area (Å²) in [6.45, 7) is 0.697. The van der Waals surface area contributed by atoms with Gasteiger partial charge < -0.3 is 15.2 Å². The number of nitrogens with two attached hydrogens (primary N) is 1. The van der Waals surface area contributed by atoms with Crippen molar-refractivity contribution in [2.75, 3.05) is 17.2 Å². The van der Waals surface area contributed by atoms with E-state index < -0.39 is 0 Å². The monoisotopic (exact) mass is 242 g/mol. The molecule has 92 valence electrons. The van der Waals surface area contributed by atoms with Gasteiger partial charge in [0.2, 0.25) is 0 Å². The molecule has 0 aliphatic carbocycles. The summed E-state index contributed by atoms with van der Waals surface area (Å²) in [5.41, 5.74) is 9.14. The Morgan fingerprint density at radius 3 is 3.00 bits per heavy atom. The number of hydrogen-bond acceptors (Lipinski definition) is 3. The lowest BCUT2D eigenvalue weighted by Crippen LogP contribution is -2.30. The van der Waals surface area contributed by atoms with Gasteiger partial charge in [-0.1, -0.05) is 6.07 Å². The number of anilines is 2. The number of aromatic nitrogens is 2. The fourth-order valence-electron chi connectivity index (χ4n) is 2.31. The summed E-state index contributed by atoms with van der Waals surface area (Å²) < 4.78 is 1.73. The second-order valence-electron chi connectivity index (χ2n) is 4.48. The SMILES string of the molecule is Cn1cncc1C(=O)N1CCc2ccc(N)cc21. The lowest BCUT2D eigenvalue weighted by molar-refractivity contribution is 0.0981. The van der Waals surface area contributed by atoms with Gasteiger partial charge in [-0.05, 0) is 24.1 Å². The van der Waals surface area contributed by atoms with E-state index in [1.165, 1.54) is 5.56 Å². The first kappa shape index (κ1) is 10.8. The standard InChI is InChI=1S/C13H14N4O/c1-16-8-15-7-12(16)13(18)17-5-4-9-2-3-10(14)6-11(9)17/h2-3,6-8H,4-5,14H2,1H3. The van der Waals surface area contributed by atoms with Crippen molar-refractivity contribution >= 4 is 17.3 Å². The average molecular weight is 242 g/mol. The summed E-state index contributed by atoms with van der Waals surface area (Å²) in [5.74, 6) is -0.0284. The zero-order valence-electron chi connectivity index (χ0n) is 10.1. The molecule has 0 radical (unpaired) electrons. The van der Waals surface area contributed by atoms with Crippen molar-refractivity contribution in [2.24, 2.45) is 7.05 Å². The topological polar surface area (TPSA) is 64.2 Å². The summed E-state index contributed by atoms with van der Waals surface area (Å²) >= 11 is 0. The number of nitrogen functional groups attached to an aromatic ring is 1. The predicted molar refractivity (Wildman–Crippen MR) is 69.4 cm³/mol. The average Bonchev–Trinajstić information content (AvgIpc) is 2.94. The number of fused-ring (bicyclic) bond motifs is 1. The Morgan fingerprint density at radius 1 is 1.44 bits per heavy atom. The van der Waals surface area contributed by atoms with E-state index in [1.54, 1.807) is 22.0 Å². The van der Waals surface area contributed by atoms with Crippen LogP contribution in [0.15, 0.2) is 30.7 Å². The highest BCUT2D eigenvalue weighted by atomic mass is 16.2. The summed E-state index contributed by atoms with van der Waals surface area (Å²) in [6.07, 6.45) is 4.09. The fourth-order valence-corrected chi connectivity index (χ4v) is 2.31. The van der Waals surface area contributed by atoms with Gasteiger partial charge in [0.25, 0.3) is 5.91 Å². The van der Waals surface area contributed by atoms with Crippen LogP contribution in [0.5, 0.6) is 0 Å². The minimum absolute atomic E-state index is 0.0284. The molecular weight excluding hydrogens is 228 g/mol. The highest BCUT2D eigenvalue weighted by Gasteiger charge is 2.27. The van der Waals surface area contributed by atoms with E-state index in [4.69, 9.17) is 5.73 Å². The van der Waals surface area contributed by atoms with E-state index in [-0.39, 0.29) is 5.91 Å². The molecule has 1 amide bonds. The molecule has 1 aliphatic rings. The van der Waals surface area contributed by atoms with Crippen molar-refractivity contribution in [3.63, 3.8) is 0 Å². The molecule has 0 unspecified atom stereocenters. The number of benzene rings is 1. The van der Waals surface area contributed by atoms with Gasteiger partial charge in [-0.2, -0.15) is 0 Å². The van der Waals surface area contributed by atoms with Crippen LogP contribution >= 0.6 is 0 Å². The Bertz CT molecular complexity index is 617. The van der Waals surface area contributed by atoms with E-state index in [2.05, 4.69) is 4.98 Å². The van der Waals surface area contributed by atoms with Crippen molar-refractivity contribution < 1.29 is 4.79 Å². The molecule has 2 aromatic rings. The molecule has 18 heavy (non-hydrogen) atoms. The highest BCUT2D eigenvalue weighted by Crippen LogP contribution is 2.30. The Hall–Kier alpha value is -2.30. The maximum atomic E-state index is 12.4. The van der Waals surface area contributed by atoms with Crippen LogP contribution in [-0.2, 0) is 13.5 Å². The number of carbonyl (C=O) groups excluding carboxylic acids is 1. The van der Waals surface area contributed by atoms with E-state index in [0.29, 0.717) is 17.9 Å². The van der Waals surface area contributed by atoms with Crippen LogP contribution < -0.4 is 10.6 Å². The number of hydrogen-bond donors (Lipinski definition) is 1. The Balaban J connectivity index is 2.00. The van der Waals surface area contributed by atoms with Crippen LogP contribution in [0.25, 0.3) is 0 Å². The van der Waals surface area contributed by atoms with Crippen LogP contribution in [-0.4, -0.2) is 22.0 Å². The van der Waals surface area contributed by atoms with Gasteiger partial charge in [-0.3, -0.25) is 4.79 Å². The molecule has 0 spiro atoms. The third-order valence-corrected chi connectivity index (χ3v) is 3.29. The van der Waals surface area contributed by atoms with Crippen molar-refractivity contribution in [3.05, 3.63) is 42.0 Å². The number of nitrogens with zero attached hydrogens (tertiary/aromatic N) is 3. The summed E-state index contributed by atoms with van der Waals surface area (Å²) in [6, 6.07) is 5.72. The highest BCUT2D eigenvalue weighted by molar-refractivity contribution is 6.06. The number of carbonyl (C=O) groups is 1. The van der Waals surface area contributed by atoms with E-state index in [9.17, 15) is 4.79 Å². The molecule has 3 rings (SSSR count). The molecule has 0 atom stereocenters. The summed E-state index contributed by atoms with van der Waals surface area (Å²) in [5, 5.41) is 0. The Kier molecular flexibility index (Phi) is 2.33. The zero-order chi connectivity index (χ0) is 12.7. The molecule has 0 saturated heterocycles. The molecule has 0 fully saturated rings. The van der Waals surface area contributed by atoms with E-state index >= 15 is 0 Å². The first-order valence-corrected chi connectivity index (χ1v) is 5.83. The molecule has 2 heterocycles. The normalized spacial score (nSPS) is 13.7. The van der Waals surface area contributed by atoms with Gasteiger partial charge in [-0.15, -0.1) is 0 Å². The minimum Gasteiger partial charge on any atom is -0.399 e. The summed E-state index contributed by atoms with van der Waals surface area (Å²) in [7, 11) is 1.82. The first-order valence-electron chi connectivity index (χ1n) is 5.83. The van der Waals surface area contributed by atoms with Gasteiger partial charge >= 0.3 is 0 Å². The van der Waals surface area contributed by atoms with E-state index in [0.717, 1.165) is 12.1 Å². The maximum absolute atomic E-state index is 12.4. The molecule has 0 bridgehead atoms. The fraction of sp³-hybridized carbons (Fsp3) is 0.231. The van der Waals surface area contributed by atoms with Crippen LogP contribution in [0.3, 0.4) is 0 Å². The zero-order valence-corrected chi connectivity index (χ0v) is 10.1. The van der Waals surface area contributed by atoms with Crippen molar-refractivity contribution in [1.82, 2.24) is 9.55 Å². The molecular formula is C13H14N4O. The Labute approximate surface area is 105 Å². The van der Waals surface area contributed by atoms with Crippen molar-refractivity contribution in [2.45, 2.75) is 6.42 Å². The second kappa shape index (κ2) is 3.87. The van der Waals surface area contributed by atoms with Crippen LogP contribution in [0, 0.1) is 0 Å². The smallest absolute Gasteiger partial charge is 0.276 e. The van der Waals surface area contributed by atoms with Gasteiger partial charge in [0.1, 0.15) is 5.69 Å².